The maximum atomic E-state index is 13.0. The maximum absolute atomic E-state index is 13.0. The number of aliphatic hydroxyl groups excluding tert-OH is 3. The largest absolute Gasteiger partial charge is 0.459 e. The summed E-state index contributed by atoms with van der Waals surface area (Å²) < 4.78 is 11.3. The van der Waals surface area contributed by atoms with Crippen molar-refractivity contribution in [3.8, 4) is 0 Å². The smallest absolute Gasteiger partial charge is 0.338 e. The van der Waals surface area contributed by atoms with E-state index in [1.165, 1.54) is 30.3 Å². The molecule has 0 heterocycles. The number of aliphatic hydroxyl groups is 6. The highest BCUT2D eigenvalue weighted by Gasteiger charge is 2.93. The lowest BCUT2D eigenvalue weighted by atomic mass is 9.30. The van der Waals surface area contributed by atoms with Crippen LogP contribution in [-0.4, -0.2) is 90.4 Å². The van der Waals surface area contributed by atoms with Crippen molar-refractivity contribution < 1.29 is 49.7 Å². The molecule has 6 N–H and O–H groups in total. The van der Waals surface area contributed by atoms with Crippen molar-refractivity contribution in [1.82, 2.24) is 0 Å². The molecule has 10 heteroatoms. The Kier molecular flexibility index (Phi) is 8.36. The van der Waals surface area contributed by atoms with E-state index in [1.54, 1.807) is 18.2 Å². The molecule has 4 aliphatic rings. The summed E-state index contributed by atoms with van der Waals surface area (Å²) in [4.78, 5) is 25.9. The molecule has 2 aromatic rings. The highest BCUT2D eigenvalue weighted by molar-refractivity contribution is 5.90. The van der Waals surface area contributed by atoms with Crippen molar-refractivity contribution in [3.05, 3.63) is 70.8 Å². The zero-order valence-electron chi connectivity index (χ0n) is 24.7. The van der Waals surface area contributed by atoms with E-state index < -0.39 is 59.4 Å². The van der Waals surface area contributed by atoms with E-state index in [0.29, 0.717) is 0 Å². The van der Waals surface area contributed by atoms with Gasteiger partial charge in [0, 0.05) is 5.92 Å². The molecule has 4 saturated carbocycles. The first-order chi connectivity index (χ1) is 21.1. The van der Waals surface area contributed by atoms with E-state index in [-0.39, 0.29) is 34.5 Å². The van der Waals surface area contributed by atoms with Crippen molar-refractivity contribution in [2.24, 2.45) is 0 Å². The number of benzene rings is 2. The Hall–Kier alpha value is -2.86. The molecule has 3 unspecified atom stereocenters. The van der Waals surface area contributed by atoms with Gasteiger partial charge in [-0.15, -0.1) is 0 Å². The minimum absolute atomic E-state index is 0.155. The third-order valence-electron chi connectivity index (χ3n) is 10.6. The zero-order chi connectivity index (χ0) is 31.3. The topological polar surface area (TPSA) is 174 Å². The highest BCUT2D eigenvalue weighted by Crippen LogP contribution is 2.75. The Labute approximate surface area is 256 Å². The summed E-state index contributed by atoms with van der Waals surface area (Å²) in [6.07, 6.45) is 5.28. The number of hydrogen-bond acceptors (Lipinski definition) is 10. The third-order valence-corrected chi connectivity index (χ3v) is 10.6. The molecule has 0 aromatic heterocycles. The number of hydrogen-bond donors (Lipinski definition) is 6. The lowest BCUT2D eigenvalue weighted by molar-refractivity contribution is -0.459. The van der Waals surface area contributed by atoms with Gasteiger partial charge in [0.15, 0.2) is 0 Å². The van der Waals surface area contributed by atoms with Crippen molar-refractivity contribution in [2.75, 3.05) is 6.61 Å². The van der Waals surface area contributed by atoms with Crippen LogP contribution in [0.25, 0.3) is 0 Å². The number of fused-ring (bicyclic) bond motifs is 1. The van der Waals surface area contributed by atoms with Gasteiger partial charge in [-0.2, -0.15) is 0 Å². The van der Waals surface area contributed by atoms with Crippen LogP contribution in [0.1, 0.15) is 108 Å². The molecule has 238 valence electrons. The fraction of sp³-hybridized carbons (Fsp3) is 0.588. The number of rotatable bonds is 8. The van der Waals surface area contributed by atoms with E-state index in [2.05, 4.69) is 0 Å². The molecule has 0 saturated heterocycles. The Morgan fingerprint density at radius 3 is 1.75 bits per heavy atom. The molecule has 0 bridgehead atoms. The Morgan fingerprint density at radius 1 is 0.773 bits per heavy atom. The lowest BCUT2D eigenvalue weighted by Gasteiger charge is -2.80. The number of carbonyl (C=O) groups is 2. The fourth-order valence-corrected chi connectivity index (χ4v) is 8.33. The average Bonchev–Trinajstić information content (AvgIpc) is 3.05. The molecule has 6 rings (SSSR count). The summed E-state index contributed by atoms with van der Waals surface area (Å²) in [6.45, 7) is -0.953. The van der Waals surface area contributed by atoms with E-state index >= 15 is 0 Å². The molecule has 0 spiro atoms. The van der Waals surface area contributed by atoms with Crippen LogP contribution in [-0.2, 0) is 9.47 Å². The standard InChI is InChI=1S/C34H42O10/c35-19-26(36)32(40)28(21-10-8-12-23(18-21)31(39)44-25-15-5-2-6-16-25)33(41)29(37)27(34(32,33)42)20-9-7-11-22(17-20)30(38)43-24-13-3-1-4-14-24/h7-12,17-18,24-29,35-37,40-42H,1-6,13-16,19H2/t26-,27?,28?,29?,32+,33+,34+/m1/s1. The highest BCUT2D eigenvalue weighted by atomic mass is 16.5. The van der Waals surface area contributed by atoms with Crippen molar-refractivity contribution in [2.45, 2.75) is 117 Å². The second kappa shape index (κ2) is 11.8. The minimum Gasteiger partial charge on any atom is -0.459 e. The summed E-state index contributed by atoms with van der Waals surface area (Å²) in [5, 5.41) is 68.1. The third kappa shape index (κ3) is 4.61. The zero-order valence-corrected chi connectivity index (χ0v) is 24.7. The Morgan fingerprint density at radius 2 is 1.25 bits per heavy atom. The molecule has 44 heavy (non-hydrogen) atoms. The summed E-state index contributed by atoms with van der Waals surface area (Å²) in [6, 6.07) is 12.1. The van der Waals surface area contributed by atoms with E-state index in [0.717, 1.165) is 64.2 Å². The van der Waals surface area contributed by atoms with Crippen LogP contribution in [0.15, 0.2) is 48.5 Å². The number of ether oxygens (including phenoxy) is 2. The van der Waals surface area contributed by atoms with Gasteiger partial charge in [-0.05, 0) is 86.8 Å². The summed E-state index contributed by atoms with van der Waals surface area (Å²) in [7, 11) is 0. The van der Waals surface area contributed by atoms with Crippen LogP contribution in [0, 0.1) is 0 Å². The number of carbonyl (C=O) groups excluding carboxylic acids is 2. The van der Waals surface area contributed by atoms with E-state index in [4.69, 9.17) is 9.47 Å². The summed E-state index contributed by atoms with van der Waals surface area (Å²) in [5.74, 6) is -3.92. The summed E-state index contributed by atoms with van der Waals surface area (Å²) >= 11 is 0. The quantitative estimate of drug-likeness (QED) is 0.244. The van der Waals surface area contributed by atoms with Gasteiger partial charge in [0.1, 0.15) is 35.1 Å². The molecule has 0 amide bonds. The van der Waals surface area contributed by atoms with Crippen LogP contribution < -0.4 is 0 Å². The molecule has 10 nitrogen and oxygen atoms in total. The van der Waals surface area contributed by atoms with Gasteiger partial charge in [-0.3, -0.25) is 0 Å². The van der Waals surface area contributed by atoms with Gasteiger partial charge >= 0.3 is 11.9 Å². The SMILES string of the molecule is O=C(OC1CCCCC1)c1cccc(C2C(O)[C@@]3(O)C(c4cccc(C(=O)OC5CCCCC5)c4)[C@@](O)([C@H](O)CO)[C@@]23O)c1. The van der Waals surface area contributed by atoms with Gasteiger partial charge < -0.3 is 40.1 Å². The predicted molar refractivity (Wildman–Crippen MR) is 157 cm³/mol. The van der Waals surface area contributed by atoms with Crippen molar-refractivity contribution in [1.29, 1.82) is 0 Å². The maximum Gasteiger partial charge on any atom is 0.338 e. The molecular formula is C34H42O10. The molecule has 7 atom stereocenters. The molecule has 0 radical (unpaired) electrons. The normalized spacial score (nSPS) is 34.6. The second-order valence-electron chi connectivity index (χ2n) is 13.1. The van der Waals surface area contributed by atoms with Crippen molar-refractivity contribution in [3.63, 3.8) is 0 Å². The summed E-state index contributed by atoms with van der Waals surface area (Å²) in [5.41, 5.74) is -6.65. The monoisotopic (exact) mass is 610 g/mol. The van der Waals surface area contributed by atoms with Crippen LogP contribution in [0.2, 0.25) is 0 Å². The lowest BCUT2D eigenvalue weighted by Crippen LogP contribution is -2.99. The average molecular weight is 611 g/mol. The Bertz CT molecular complexity index is 1380. The molecule has 4 fully saturated rings. The van der Waals surface area contributed by atoms with Gasteiger partial charge in [0.05, 0.1) is 29.8 Å². The molecular weight excluding hydrogens is 568 g/mol. The first-order valence-electron chi connectivity index (χ1n) is 15.8. The molecule has 4 aliphatic carbocycles. The van der Waals surface area contributed by atoms with Gasteiger partial charge in [-0.1, -0.05) is 37.1 Å². The van der Waals surface area contributed by atoms with E-state index in [1.807, 2.05) is 0 Å². The minimum atomic E-state index is -2.54. The van der Waals surface area contributed by atoms with Gasteiger partial charge in [-0.25, -0.2) is 9.59 Å². The first-order valence-corrected chi connectivity index (χ1v) is 15.8. The van der Waals surface area contributed by atoms with E-state index in [9.17, 15) is 40.2 Å². The van der Waals surface area contributed by atoms with Crippen LogP contribution in [0.3, 0.4) is 0 Å². The predicted octanol–water partition coefficient (Wildman–Crippen LogP) is 2.47. The number of esters is 2. The van der Waals surface area contributed by atoms with Crippen molar-refractivity contribution >= 4 is 11.9 Å². The first kappa shape index (κ1) is 31.1. The van der Waals surface area contributed by atoms with Crippen LogP contribution in [0.4, 0.5) is 0 Å². The second-order valence-corrected chi connectivity index (χ2v) is 13.1. The Balaban J connectivity index is 1.29. The van der Waals surface area contributed by atoms with Crippen LogP contribution in [0.5, 0.6) is 0 Å². The van der Waals surface area contributed by atoms with Gasteiger partial charge in [0.25, 0.3) is 0 Å². The molecule has 0 aliphatic heterocycles. The van der Waals surface area contributed by atoms with Crippen LogP contribution >= 0.6 is 0 Å². The fourth-order valence-electron chi connectivity index (χ4n) is 8.33. The van der Waals surface area contributed by atoms with Gasteiger partial charge in [0.2, 0.25) is 0 Å². The molecule has 2 aromatic carbocycles.